The van der Waals surface area contributed by atoms with Crippen LogP contribution in [0.4, 0.5) is 0 Å². The SMILES string of the molecule is CC[C@@H](CSC)N1C(=O)C(CC(=O)O)CCC1c1ccc(Cl)cc1.Clc1ccccc1. The molecule has 0 saturated carbocycles. The smallest absolute Gasteiger partial charge is 0.304 e. The van der Waals surface area contributed by atoms with Crippen molar-refractivity contribution in [1.29, 1.82) is 0 Å². The van der Waals surface area contributed by atoms with Crippen molar-refractivity contribution in [3.8, 4) is 0 Å². The first kappa shape index (κ1) is 25.6. The van der Waals surface area contributed by atoms with E-state index in [0.717, 1.165) is 29.2 Å². The third-order valence-electron chi connectivity index (χ3n) is 5.36. The predicted octanol–water partition coefficient (Wildman–Crippen LogP) is 6.58. The summed E-state index contributed by atoms with van der Waals surface area (Å²) >= 11 is 13.2. The van der Waals surface area contributed by atoms with Gasteiger partial charge in [0.2, 0.25) is 5.91 Å². The molecular formula is C24H29Cl2NO3S. The maximum Gasteiger partial charge on any atom is 0.304 e. The molecule has 1 N–H and O–H groups in total. The molecule has 0 bridgehead atoms. The van der Waals surface area contributed by atoms with Crippen LogP contribution >= 0.6 is 35.0 Å². The van der Waals surface area contributed by atoms with Gasteiger partial charge in [-0.25, -0.2) is 0 Å². The van der Waals surface area contributed by atoms with Gasteiger partial charge < -0.3 is 10.0 Å². The van der Waals surface area contributed by atoms with Gasteiger partial charge in [-0.3, -0.25) is 9.59 Å². The number of amides is 1. The van der Waals surface area contributed by atoms with Gasteiger partial charge in [0, 0.05) is 27.8 Å². The number of likely N-dealkylation sites (tertiary alicyclic amines) is 1. The lowest BCUT2D eigenvalue weighted by Crippen LogP contribution is -2.50. The quantitative estimate of drug-likeness (QED) is 0.485. The first-order valence-corrected chi connectivity index (χ1v) is 12.5. The highest BCUT2D eigenvalue weighted by Gasteiger charge is 2.39. The molecule has 2 aromatic rings. The fourth-order valence-electron chi connectivity index (χ4n) is 3.83. The number of hydrogen-bond donors (Lipinski definition) is 1. The van der Waals surface area contributed by atoms with Gasteiger partial charge in [-0.2, -0.15) is 11.8 Å². The average molecular weight is 482 g/mol. The Morgan fingerprint density at radius 1 is 1.10 bits per heavy atom. The maximum absolute atomic E-state index is 13.0. The van der Waals surface area contributed by atoms with Gasteiger partial charge in [0.05, 0.1) is 12.5 Å². The lowest BCUT2D eigenvalue weighted by molar-refractivity contribution is -0.150. The van der Waals surface area contributed by atoms with Crippen LogP contribution in [0.2, 0.25) is 10.0 Å². The second-order valence-corrected chi connectivity index (χ2v) is 9.28. The zero-order chi connectivity index (χ0) is 22.8. The number of halogens is 2. The summed E-state index contributed by atoms with van der Waals surface area (Å²) < 4.78 is 0. The third kappa shape index (κ3) is 7.74. The normalized spacial score (nSPS) is 19.4. The van der Waals surface area contributed by atoms with E-state index >= 15 is 0 Å². The van der Waals surface area contributed by atoms with E-state index in [0.29, 0.717) is 11.4 Å². The molecule has 0 aliphatic carbocycles. The molecule has 31 heavy (non-hydrogen) atoms. The summed E-state index contributed by atoms with van der Waals surface area (Å²) in [6.45, 7) is 2.08. The van der Waals surface area contributed by atoms with E-state index in [1.807, 2.05) is 65.8 Å². The van der Waals surface area contributed by atoms with Crippen LogP contribution in [0.25, 0.3) is 0 Å². The first-order valence-electron chi connectivity index (χ1n) is 10.4. The number of aliphatic carboxylic acids is 1. The average Bonchev–Trinajstić information content (AvgIpc) is 2.75. The highest BCUT2D eigenvalue weighted by Crippen LogP contribution is 2.38. The Bertz CT molecular complexity index is 832. The largest absolute Gasteiger partial charge is 0.481 e. The van der Waals surface area contributed by atoms with Crippen molar-refractivity contribution in [2.45, 2.75) is 44.7 Å². The minimum absolute atomic E-state index is 0.00286. The molecule has 1 saturated heterocycles. The van der Waals surface area contributed by atoms with E-state index in [4.69, 9.17) is 28.3 Å². The monoisotopic (exact) mass is 481 g/mol. The molecule has 3 rings (SSSR count). The van der Waals surface area contributed by atoms with Gasteiger partial charge in [-0.1, -0.05) is 60.5 Å². The van der Waals surface area contributed by atoms with Gasteiger partial charge >= 0.3 is 5.97 Å². The maximum atomic E-state index is 13.0. The van der Waals surface area contributed by atoms with E-state index in [1.165, 1.54) is 0 Å². The molecular weight excluding hydrogens is 453 g/mol. The van der Waals surface area contributed by atoms with Crippen molar-refractivity contribution < 1.29 is 14.7 Å². The molecule has 1 aliphatic rings. The summed E-state index contributed by atoms with van der Waals surface area (Å²) in [4.78, 5) is 26.0. The Kier molecular flexibility index (Phi) is 10.7. The van der Waals surface area contributed by atoms with Crippen LogP contribution in [0.15, 0.2) is 54.6 Å². The van der Waals surface area contributed by atoms with E-state index in [2.05, 4.69) is 6.92 Å². The molecule has 1 heterocycles. The minimum Gasteiger partial charge on any atom is -0.481 e. The van der Waals surface area contributed by atoms with Crippen molar-refractivity contribution in [1.82, 2.24) is 4.90 Å². The lowest BCUT2D eigenvalue weighted by atomic mass is 9.85. The van der Waals surface area contributed by atoms with Crippen LogP contribution in [0.1, 0.15) is 44.2 Å². The molecule has 0 spiro atoms. The van der Waals surface area contributed by atoms with Crippen LogP contribution in [0, 0.1) is 5.92 Å². The number of carbonyl (C=O) groups is 2. The molecule has 7 heteroatoms. The Labute approximate surface area is 198 Å². The van der Waals surface area contributed by atoms with Crippen molar-refractivity contribution in [3.63, 3.8) is 0 Å². The molecule has 0 radical (unpaired) electrons. The summed E-state index contributed by atoms with van der Waals surface area (Å²) in [6, 6.07) is 17.2. The second-order valence-electron chi connectivity index (χ2n) is 7.50. The number of benzene rings is 2. The lowest BCUT2D eigenvalue weighted by Gasteiger charge is -2.44. The fourth-order valence-corrected chi connectivity index (χ4v) is 4.89. The molecule has 2 aromatic carbocycles. The molecule has 1 fully saturated rings. The number of piperidine rings is 1. The van der Waals surface area contributed by atoms with Crippen molar-refractivity contribution >= 4 is 46.8 Å². The van der Waals surface area contributed by atoms with E-state index in [-0.39, 0.29) is 24.4 Å². The number of hydrogen-bond acceptors (Lipinski definition) is 3. The Morgan fingerprint density at radius 3 is 2.19 bits per heavy atom. The number of rotatable bonds is 7. The number of carbonyl (C=O) groups excluding carboxylic acids is 1. The van der Waals surface area contributed by atoms with Gasteiger partial charge in [-0.05, 0) is 55.3 Å². The first-order chi connectivity index (χ1) is 14.9. The van der Waals surface area contributed by atoms with Crippen LogP contribution in [-0.2, 0) is 9.59 Å². The van der Waals surface area contributed by atoms with Crippen LogP contribution in [0.3, 0.4) is 0 Å². The molecule has 1 aliphatic heterocycles. The summed E-state index contributed by atoms with van der Waals surface area (Å²) in [5.41, 5.74) is 1.07. The number of thioether (sulfide) groups is 1. The highest BCUT2D eigenvalue weighted by atomic mass is 35.5. The Balaban J connectivity index is 0.000000412. The van der Waals surface area contributed by atoms with Crippen molar-refractivity contribution in [2.75, 3.05) is 12.0 Å². The predicted molar refractivity (Wildman–Crippen MR) is 130 cm³/mol. The van der Waals surface area contributed by atoms with Crippen LogP contribution < -0.4 is 0 Å². The summed E-state index contributed by atoms with van der Waals surface area (Å²) in [5.74, 6) is -0.492. The van der Waals surface area contributed by atoms with Crippen molar-refractivity contribution in [3.05, 3.63) is 70.2 Å². The van der Waals surface area contributed by atoms with E-state index < -0.39 is 11.9 Å². The molecule has 1 amide bonds. The standard InChI is InChI=1S/C18H24ClNO3S.C6H5Cl/c1-3-15(11-24-2)20-16(12-4-7-14(19)8-5-12)9-6-13(18(20)23)10-17(21)22;7-6-4-2-1-3-5-6/h4-5,7-8,13,15-16H,3,6,9-11H2,1-2H3,(H,21,22);1-5H/t13?,15-,16?;/m0./s1. The van der Waals surface area contributed by atoms with E-state index in [1.54, 1.807) is 11.8 Å². The summed E-state index contributed by atoms with van der Waals surface area (Å²) in [5, 5.41) is 10.6. The van der Waals surface area contributed by atoms with Crippen LogP contribution in [-0.4, -0.2) is 39.9 Å². The van der Waals surface area contributed by atoms with E-state index in [9.17, 15) is 9.59 Å². The molecule has 3 atom stereocenters. The Morgan fingerprint density at radius 2 is 1.71 bits per heavy atom. The minimum atomic E-state index is -0.906. The highest BCUT2D eigenvalue weighted by molar-refractivity contribution is 7.98. The van der Waals surface area contributed by atoms with Crippen molar-refractivity contribution in [2.24, 2.45) is 5.92 Å². The number of carboxylic acids is 1. The topological polar surface area (TPSA) is 57.6 Å². The van der Waals surface area contributed by atoms with Gasteiger partial charge in [0.25, 0.3) is 0 Å². The zero-order valence-corrected chi connectivity index (χ0v) is 20.2. The fraction of sp³-hybridized carbons (Fsp3) is 0.417. The zero-order valence-electron chi connectivity index (χ0n) is 17.8. The van der Waals surface area contributed by atoms with Gasteiger partial charge in [0.15, 0.2) is 0 Å². The Hall–Kier alpha value is -1.69. The van der Waals surface area contributed by atoms with Gasteiger partial charge in [-0.15, -0.1) is 0 Å². The summed E-state index contributed by atoms with van der Waals surface area (Å²) in [6.07, 6.45) is 4.21. The number of nitrogens with zero attached hydrogens (tertiary/aromatic N) is 1. The molecule has 168 valence electrons. The molecule has 2 unspecified atom stereocenters. The van der Waals surface area contributed by atoms with Crippen LogP contribution in [0.5, 0.6) is 0 Å². The molecule has 4 nitrogen and oxygen atoms in total. The second kappa shape index (κ2) is 13.0. The number of carboxylic acid groups (broad SMARTS) is 1. The van der Waals surface area contributed by atoms with Gasteiger partial charge in [0.1, 0.15) is 0 Å². The third-order valence-corrected chi connectivity index (χ3v) is 6.58. The molecule has 0 aromatic heterocycles. The summed E-state index contributed by atoms with van der Waals surface area (Å²) in [7, 11) is 0.